The van der Waals surface area contributed by atoms with Crippen LogP contribution in [0.1, 0.15) is 0 Å². The Morgan fingerprint density at radius 3 is 2.23 bits per heavy atom. The molecule has 0 fully saturated rings. The first-order valence-electron chi connectivity index (χ1n) is 6.40. The topological polar surface area (TPSA) is 64.8 Å². The van der Waals surface area contributed by atoms with E-state index in [0.717, 1.165) is 0 Å². The summed E-state index contributed by atoms with van der Waals surface area (Å²) in [6, 6.07) is 9.56. The Labute approximate surface area is 133 Å². The van der Waals surface area contributed by atoms with Gasteiger partial charge >= 0.3 is 5.69 Å². The predicted octanol–water partition coefficient (Wildman–Crippen LogP) is 4.12. The first-order valence-corrected chi connectivity index (χ1v) is 6.78. The van der Waals surface area contributed by atoms with Crippen molar-refractivity contribution in [1.82, 2.24) is 0 Å². The fourth-order valence-electron chi connectivity index (χ4n) is 1.95. The minimum atomic E-state index is -0.507. The Kier molecular flexibility index (Phi) is 4.72. The van der Waals surface area contributed by atoms with Gasteiger partial charge in [0.1, 0.15) is 5.75 Å². The summed E-state index contributed by atoms with van der Waals surface area (Å²) in [5.74, 6) is 0.789. The van der Waals surface area contributed by atoms with Gasteiger partial charge in [0.05, 0.1) is 17.7 Å². The molecule has 0 radical (unpaired) electrons. The van der Waals surface area contributed by atoms with Gasteiger partial charge in [-0.05, 0) is 30.3 Å². The van der Waals surface area contributed by atoms with Gasteiger partial charge in [-0.1, -0.05) is 11.6 Å². The van der Waals surface area contributed by atoms with E-state index in [1.807, 2.05) is 14.1 Å². The van der Waals surface area contributed by atoms with Crippen LogP contribution in [0.25, 0.3) is 0 Å². The summed E-state index contributed by atoms with van der Waals surface area (Å²) in [5.41, 5.74) is 0.509. The number of nitro groups is 1. The van der Waals surface area contributed by atoms with Gasteiger partial charge in [-0.2, -0.15) is 0 Å². The summed E-state index contributed by atoms with van der Waals surface area (Å²) in [7, 11) is 5.08. The van der Waals surface area contributed by atoms with Gasteiger partial charge in [0, 0.05) is 25.2 Å². The van der Waals surface area contributed by atoms with Gasteiger partial charge in [0.25, 0.3) is 0 Å². The Morgan fingerprint density at radius 1 is 1.09 bits per heavy atom. The molecule has 0 saturated heterocycles. The maximum atomic E-state index is 11.3. The van der Waals surface area contributed by atoms with Crippen LogP contribution in [0.15, 0.2) is 36.4 Å². The van der Waals surface area contributed by atoms with E-state index in [2.05, 4.69) is 0 Å². The SMILES string of the molecule is COc1c(N(C)C)ccc([N+](=O)[O-])c1Oc1ccc(Cl)cc1. The quantitative estimate of drug-likeness (QED) is 0.612. The molecule has 0 bridgehead atoms. The maximum Gasteiger partial charge on any atom is 0.315 e. The van der Waals surface area contributed by atoms with Crippen LogP contribution in [0.3, 0.4) is 0 Å². The van der Waals surface area contributed by atoms with Crippen LogP contribution in [0.2, 0.25) is 5.02 Å². The second kappa shape index (κ2) is 6.53. The third-order valence-electron chi connectivity index (χ3n) is 2.99. The molecule has 2 aromatic rings. The number of rotatable bonds is 5. The van der Waals surface area contributed by atoms with Crippen molar-refractivity contribution in [3.8, 4) is 17.2 Å². The summed E-state index contributed by atoms with van der Waals surface area (Å²) < 4.78 is 11.0. The number of hydrogen-bond acceptors (Lipinski definition) is 5. The number of nitrogens with zero attached hydrogens (tertiary/aromatic N) is 2. The van der Waals surface area contributed by atoms with Crippen LogP contribution in [0.5, 0.6) is 17.2 Å². The van der Waals surface area contributed by atoms with Crippen molar-refractivity contribution in [3.63, 3.8) is 0 Å². The Hall–Kier alpha value is -2.47. The highest BCUT2D eigenvalue weighted by Crippen LogP contribution is 2.45. The number of ether oxygens (including phenoxy) is 2. The van der Waals surface area contributed by atoms with E-state index in [9.17, 15) is 10.1 Å². The molecule has 2 aromatic carbocycles. The average molecular weight is 323 g/mol. The summed E-state index contributed by atoms with van der Waals surface area (Å²) in [6.45, 7) is 0. The van der Waals surface area contributed by atoms with Crippen molar-refractivity contribution in [2.75, 3.05) is 26.1 Å². The van der Waals surface area contributed by atoms with Crippen LogP contribution in [-0.2, 0) is 0 Å². The van der Waals surface area contributed by atoms with Crippen molar-refractivity contribution in [1.29, 1.82) is 0 Å². The normalized spacial score (nSPS) is 10.2. The minimum absolute atomic E-state index is 0.0565. The molecule has 7 heteroatoms. The van der Waals surface area contributed by atoms with Crippen LogP contribution in [0.4, 0.5) is 11.4 Å². The number of nitro benzene ring substituents is 1. The van der Waals surface area contributed by atoms with E-state index in [0.29, 0.717) is 22.2 Å². The molecule has 0 N–H and O–H groups in total. The predicted molar refractivity (Wildman–Crippen MR) is 85.5 cm³/mol. The van der Waals surface area contributed by atoms with E-state index in [1.54, 1.807) is 35.2 Å². The maximum absolute atomic E-state index is 11.3. The van der Waals surface area contributed by atoms with Gasteiger partial charge in [0.15, 0.2) is 5.75 Å². The Balaban J connectivity index is 2.56. The Morgan fingerprint density at radius 2 is 1.73 bits per heavy atom. The van der Waals surface area contributed by atoms with Gasteiger partial charge in [-0.3, -0.25) is 10.1 Å². The molecule has 2 rings (SSSR count). The highest BCUT2D eigenvalue weighted by molar-refractivity contribution is 6.30. The number of hydrogen-bond donors (Lipinski definition) is 0. The largest absolute Gasteiger partial charge is 0.491 e. The molecule has 0 aliphatic heterocycles. The lowest BCUT2D eigenvalue weighted by atomic mass is 10.2. The summed E-state index contributed by atoms with van der Waals surface area (Å²) in [5, 5.41) is 11.8. The second-order valence-electron chi connectivity index (χ2n) is 4.67. The number of halogens is 1. The molecular formula is C15H15ClN2O4. The second-order valence-corrected chi connectivity index (χ2v) is 5.11. The fraction of sp³-hybridized carbons (Fsp3) is 0.200. The van der Waals surface area contributed by atoms with Gasteiger partial charge in [0.2, 0.25) is 5.75 Å². The average Bonchev–Trinajstić information content (AvgIpc) is 2.48. The summed E-state index contributed by atoms with van der Waals surface area (Å²) in [4.78, 5) is 12.5. The molecule has 0 amide bonds. The molecule has 0 saturated carbocycles. The van der Waals surface area contributed by atoms with Gasteiger partial charge in [-0.15, -0.1) is 0 Å². The van der Waals surface area contributed by atoms with E-state index in [1.165, 1.54) is 13.2 Å². The lowest BCUT2D eigenvalue weighted by Gasteiger charge is -2.19. The van der Waals surface area contributed by atoms with E-state index >= 15 is 0 Å². The smallest absolute Gasteiger partial charge is 0.315 e. The number of methoxy groups -OCH3 is 1. The van der Waals surface area contributed by atoms with Gasteiger partial charge < -0.3 is 14.4 Å². The molecule has 0 spiro atoms. The zero-order valence-corrected chi connectivity index (χ0v) is 13.1. The summed E-state index contributed by atoms with van der Waals surface area (Å²) >= 11 is 5.83. The fourth-order valence-corrected chi connectivity index (χ4v) is 2.08. The third-order valence-corrected chi connectivity index (χ3v) is 3.24. The molecule has 0 heterocycles. The molecule has 116 valence electrons. The van der Waals surface area contributed by atoms with Gasteiger partial charge in [-0.25, -0.2) is 0 Å². The van der Waals surface area contributed by atoms with Crippen molar-refractivity contribution in [2.45, 2.75) is 0 Å². The number of anilines is 1. The summed E-state index contributed by atoms with van der Waals surface area (Å²) in [6.07, 6.45) is 0. The first kappa shape index (κ1) is 15.9. The zero-order valence-electron chi connectivity index (χ0n) is 12.4. The Bertz CT molecular complexity index is 687. The molecule has 0 aromatic heterocycles. The zero-order chi connectivity index (χ0) is 16.3. The molecule has 0 aliphatic rings. The molecule has 0 aliphatic carbocycles. The van der Waals surface area contributed by atoms with Crippen LogP contribution in [-0.4, -0.2) is 26.1 Å². The molecule has 0 unspecified atom stereocenters. The van der Waals surface area contributed by atoms with Crippen LogP contribution >= 0.6 is 11.6 Å². The van der Waals surface area contributed by atoms with Crippen molar-refractivity contribution in [3.05, 3.63) is 51.5 Å². The lowest BCUT2D eigenvalue weighted by Crippen LogP contribution is -2.11. The van der Waals surface area contributed by atoms with Crippen LogP contribution < -0.4 is 14.4 Å². The lowest BCUT2D eigenvalue weighted by molar-refractivity contribution is -0.385. The monoisotopic (exact) mass is 322 g/mol. The van der Waals surface area contributed by atoms with E-state index in [-0.39, 0.29) is 11.4 Å². The molecule has 0 atom stereocenters. The third kappa shape index (κ3) is 3.23. The van der Waals surface area contributed by atoms with Crippen molar-refractivity contribution < 1.29 is 14.4 Å². The molecule has 6 nitrogen and oxygen atoms in total. The highest BCUT2D eigenvalue weighted by Gasteiger charge is 2.25. The molecule has 22 heavy (non-hydrogen) atoms. The molecular weight excluding hydrogens is 308 g/mol. The number of benzene rings is 2. The van der Waals surface area contributed by atoms with Crippen molar-refractivity contribution >= 4 is 23.0 Å². The van der Waals surface area contributed by atoms with E-state index in [4.69, 9.17) is 21.1 Å². The first-order chi connectivity index (χ1) is 10.4. The minimum Gasteiger partial charge on any atom is -0.491 e. The van der Waals surface area contributed by atoms with Crippen LogP contribution in [0, 0.1) is 10.1 Å². The van der Waals surface area contributed by atoms with E-state index < -0.39 is 4.92 Å². The highest BCUT2D eigenvalue weighted by atomic mass is 35.5. The van der Waals surface area contributed by atoms with Crippen molar-refractivity contribution in [2.24, 2.45) is 0 Å². The standard InChI is InChI=1S/C15H15ClN2O4/c1-17(2)12-8-9-13(18(19)20)15(14(12)21-3)22-11-6-4-10(16)5-7-11/h4-9H,1-3H3.